The number of halogens is 1. The van der Waals surface area contributed by atoms with E-state index in [4.69, 9.17) is 4.74 Å². The Morgan fingerprint density at radius 2 is 2.11 bits per heavy atom. The summed E-state index contributed by atoms with van der Waals surface area (Å²) >= 11 is 3.53. The van der Waals surface area contributed by atoms with Gasteiger partial charge >= 0.3 is 0 Å². The van der Waals surface area contributed by atoms with Crippen molar-refractivity contribution >= 4 is 21.6 Å². The third-order valence-electron chi connectivity index (χ3n) is 2.88. The summed E-state index contributed by atoms with van der Waals surface area (Å²) in [5, 5.41) is 3.22. The molecule has 0 bridgehead atoms. The molecule has 0 aromatic heterocycles. The van der Waals surface area contributed by atoms with E-state index in [1.165, 1.54) is 11.3 Å². The maximum absolute atomic E-state index is 5.20. The fraction of sp³-hybridized carbons (Fsp3) is 0.571. The number of hydrogen-bond acceptors (Lipinski definition) is 3. The Kier molecular flexibility index (Phi) is 6.68. The van der Waals surface area contributed by atoms with Crippen LogP contribution in [0.2, 0.25) is 0 Å². The molecule has 0 heterocycles. The monoisotopic (exact) mass is 314 g/mol. The molecule has 0 radical (unpaired) electrons. The molecule has 1 aromatic rings. The number of anilines is 1. The van der Waals surface area contributed by atoms with Crippen LogP contribution >= 0.6 is 15.9 Å². The van der Waals surface area contributed by atoms with Crippen LogP contribution in [0, 0.1) is 0 Å². The summed E-state index contributed by atoms with van der Waals surface area (Å²) in [7, 11) is 3.72. The second kappa shape index (κ2) is 7.77. The van der Waals surface area contributed by atoms with Crippen molar-refractivity contribution in [3.8, 4) is 0 Å². The van der Waals surface area contributed by atoms with E-state index in [1.807, 2.05) is 7.05 Å². The maximum atomic E-state index is 5.20. The van der Waals surface area contributed by atoms with Crippen molar-refractivity contribution in [2.24, 2.45) is 0 Å². The van der Waals surface area contributed by atoms with Crippen LogP contribution in [0.25, 0.3) is 0 Å². The van der Waals surface area contributed by atoms with Gasteiger partial charge in [-0.3, -0.25) is 0 Å². The Morgan fingerprint density at radius 1 is 1.39 bits per heavy atom. The Bertz CT molecular complexity index is 369. The smallest absolute Gasteiger partial charge is 0.0637 e. The number of hydrogen-bond donors (Lipinski definition) is 1. The van der Waals surface area contributed by atoms with Gasteiger partial charge in [-0.25, -0.2) is 0 Å². The topological polar surface area (TPSA) is 24.5 Å². The number of ether oxygens (including phenoxy) is 1. The van der Waals surface area contributed by atoms with Crippen molar-refractivity contribution in [1.29, 1.82) is 0 Å². The minimum Gasteiger partial charge on any atom is -0.383 e. The molecule has 0 fully saturated rings. The van der Waals surface area contributed by atoms with Crippen LogP contribution in [-0.2, 0) is 11.3 Å². The average Bonchev–Trinajstić information content (AvgIpc) is 2.32. The molecular formula is C14H23BrN2O. The van der Waals surface area contributed by atoms with Gasteiger partial charge in [-0.05, 0) is 44.7 Å². The van der Waals surface area contributed by atoms with E-state index < -0.39 is 0 Å². The van der Waals surface area contributed by atoms with Gasteiger partial charge in [-0.15, -0.1) is 0 Å². The molecule has 0 aliphatic heterocycles. The van der Waals surface area contributed by atoms with E-state index >= 15 is 0 Å². The molecule has 0 saturated heterocycles. The number of benzene rings is 1. The number of nitrogens with one attached hydrogen (secondary N) is 1. The summed E-state index contributed by atoms with van der Waals surface area (Å²) in [4.78, 5) is 2.38. The summed E-state index contributed by atoms with van der Waals surface area (Å²) < 4.78 is 6.32. The molecule has 102 valence electrons. The van der Waals surface area contributed by atoms with E-state index in [0.717, 1.165) is 24.2 Å². The van der Waals surface area contributed by atoms with Gasteiger partial charge in [-0.1, -0.05) is 15.9 Å². The van der Waals surface area contributed by atoms with Crippen molar-refractivity contribution in [3.05, 3.63) is 28.2 Å². The lowest BCUT2D eigenvalue weighted by molar-refractivity contribution is 0.204. The number of methoxy groups -OCH3 is 1. The van der Waals surface area contributed by atoms with Gasteiger partial charge in [0.15, 0.2) is 0 Å². The number of rotatable bonds is 7. The lowest BCUT2D eigenvalue weighted by atomic mass is 10.1. The molecule has 3 nitrogen and oxygen atoms in total. The second-order valence-electron chi connectivity index (χ2n) is 4.58. The van der Waals surface area contributed by atoms with Gasteiger partial charge in [0.25, 0.3) is 0 Å². The molecule has 0 atom stereocenters. The lowest BCUT2D eigenvalue weighted by Crippen LogP contribution is -2.34. The maximum Gasteiger partial charge on any atom is 0.0637 e. The van der Waals surface area contributed by atoms with Gasteiger partial charge in [0.2, 0.25) is 0 Å². The molecule has 0 unspecified atom stereocenters. The second-order valence-corrected chi connectivity index (χ2v) is 5.50. The standard InChI is InChI=1S/C14H23BrN2O/c1-11(2)17(7-8-18-4)14-6-5-13(15)9-12(14)10-16-3/h5-6,9,11,16H,7-8,10H2,1-4H3. The lowest BCUT2D eigenvalue weighted by Gasteiger charge is -2.31. The predicted octanol–water partition coefficient (Wildman–Crippen LogP) is 3.03. The highest BCUT2D eigenvalue weighted by Gasteiger charge is 2.14. The van der Waals surface area contributed by atoms with E-state index in [9.17, 15) is 0 Å². The summed E-state index contributed by atoms with van der Waals surface area (Å²) in [5.41, 5.74) is 2.58. The highest BCUT2D eigenvalue weighted by atomic mass is 79.9. The van der Waals surface area contributed by atoms with Gasteiger partial charge in [0.1, 0.15) is 0 Å². The fourth-order valence-corrected chi connectivity index (χ4v) is 2.42. The predicted molar refractivity (Wildman–Crippen MR) is 81.3 cm³/mol. The molecule has 1 rings (SSSR count). The first-order valence-corrected chi connectivity index (χ1v) is 7.08. The Morgan fingerprint density at radius 3 is 2.67 bits per heavy atom. The third kappa shape index (κ3) is 4.26. The van der Waals surface area contributed by atoms with Gasteiger partial charge in [0.05, 0.1) is 6.61 Å². The van der Waals surface area contributed by atoms with Crippen LogP contribution < -0.4 is 10.2 Å². The zero-order valence-corrected chi connectivity index (χ0v) is 13.3. The Balaban J connectivity index is 3.01. The zero-order valence-electron chi connectivity index (χ0n) is 11.7. The molecule has 0 aliphatic carbocycles. The minimum absolute atomic E-state index is 0.455. The molecule has 1 N–H and O–H groups in total. The third-order valence-corrected chi connectivity index (χ3v) is 3.37. The van der Waals surface area contributed by atoms with Crippen molar-refractivity contribution in [2.75, 3.05) is 32.2 Å². The quantitative estimate of drug-likeness (QED) is 0.837. The van der Waals surface area contributed by atoms with E-state index in [1.54, 1.807) is 7.11 Å². The first-order chi connectivity index (χ1) is 8.60. The van der Waals surface area contributed by atoms with Crippen LogP contribution in [0.5, 0.6) is 0 Å². The SMILES string of the molecule is CNCc1cc(Br)ccc1N(CCOC)C(C)C. The number of nitrogens with zero attached hydrogens (tertiary/aromatic N) is 1. The highest BCUT2D eigenvalue weighted by molar-refractivity contribution is 9.10. The van der Waals surface area contributed by atoms with Crippen molar-refractivity contribution in [2.45, 2.75) is 26.4 Å². The first-order valence-electron chi connectivity index (χ1n) is 6.28. The van der Waals surface area contributed by atoms with E-state index in [2.05, 4.69) is 58.2 Å². The van der Waals surface area contributed by atoms with Crippen LogP contribution in [0.1, 0.15) is 19.4 Å². The molecule has 1 aromatic carbocycles. The Labute approximate surface area is 119 Å². The fourth-order valence-electron chi connectivity index (χ4n) is 2.01. The highest BCUT2D eigenvalue weighted by Crippen LogP contribution is 2.26. The summed E-state index contributed by atoms with van der Waals surface area (Å²) in [6, 6.07) is 6.90. The van der Waals surface area contributed by atoms with Crippen molar-refractivity contribution in [1.82, 2.24) is 5.32 Å². The van der Waals surface area contributed by atoms with Gasteiger partial charge < -0.3 is 15.0 Å². The Hall–Kier alpha value is -0.580. The van der Waals surface area contributed by atoms with Gasteiger partial charge in [-0.2, -0.15) is 0 Å². The normalized spacial score (nSPS) is 11.0. The molecule has 18 heavy (non-hydrogen) atoms. The average molecular weight is 315 g/mol. The molecule has 0 aliphatic rings. The van der Waals surface area contributed by atoms with E-state index in [0.29, 0.717) is 6.04 Å². The summed E-state index contributed by atoms with van der Waals surface area (Å²) in [5.74, 6) is 0. The van der Waals surface area contributed by atoms with Crippen LogP contribution in [-0.4, -0.2) is 33.4 Å². The summed E-state index contributed by atoms with van der Waals surface area (Å²) in [6.07, 6.45) is 0. The zero-order chi connectivity index (χ0) is 13.5. The van der Waals surface area contributed by atoms with Crippen LogP contribution in [0.3, 0.4) is 0 Å². The van der Waals surface area contributed by atoms with Crippen LogP contribution in [0.4, 0.5) is 5.69 Å². The largest absolute Gasteiger partial charge is 0.383 e. The molecular weight excluding hydrogens is 292 g/mol. The molecule has 4 heteroatoms. The first kappa shape index (κ1) is 15.5. The van der Waals surface area contributed by atoms with E-state index in [-0.39, 0.29) is 0 Å². The molecule has 0 saturated carbocycles. The summed E-state index contributed by atoms with van der Waals surface area (Å²) in [6.45, 7) is 6.94. The minimum atomic E-state index is 0.455. The molecule has 0 amide bonds. The van der Waals surface area contributed by atoms with Crippen molar-refractivity contribution < 1.29 is 4.74 Å². The van der Waals surface area contributed by atoms with Crippen molar-refractivity contribution in [3.63, 3.8) is 0 Å². The van der Waals surface area contributed by atoms with Crippen LogP contribution in [0.15, 0.2) is 22.7 Å². The van der Waals surface area contributed by atoms with Gasteiger partial charge in [0, 0.05) is 36.4 Å². The molecule has 0 spiro atoms.